The van der Waals surface area contributed by atoms with Crippen molar-refractivity contribution >= 4 is 17.5 Å². The van der Waals surface area contributed by atoms with Gasteiger partial charge < -0.3 is 15.0 Å². The molecule has 0 aliphatic heterocycles. The Bertz CT molecular complexity index is 728. The molecule has 0 saturated heterocycles. The van der Waals surface area contributed by atoms with Gasteiger partial charge in [0.15, 0.2) is 0 Å². The molecule has 0 unspecified atom stereocenters. The summed E-state index contributed by atoms with van der Waals surface area (Å²) in [5.74, 6) is 0.185. The second-order valence-corrected chi connectivity index (χ2v) is 5.63. The molecule has 2 rings (SSSR count). The number of hydrogen-bond acceptors (Lipinski definition) is 4. The van der Waals surface area contributed by atoms with E-state index in [1.165, 1.54) is 6.20 Å². The number of benzene rings is 1. The van der Waals surface area contributed by atoms with Crippen molar-refractivity contribution in [3.05, 3.63) is 51.4 Å². The molecule has 1 heterocycles. The van der Waals surface area contributed by atoms with Crippen molar-refractivity contribution < 1.29 is 9.53 Å². The minimum Gasteiger partial charge on any atom is -0.383 e. The van der Waals surface area contributed by atoms with E-state index in [0.717, 1.165) is 5.56 Å². The number of hydrogen-bond donors (Lipinski definition) is 2. The summed E-state index contributed by atoms with van der Waals surface area (Å²) >= 11 is 5.83. The van der Waals surface area contributed by atoms with Gasteiger partial charge in [-0.1, -0.05) is 11.6 Å². The zero-order valence-corrected chi connectivity index (χ0v) is 13.7. The van der Waals surface area contributed by atoms with Crippen molar-refractivity contribution in [2.75, 3.05) is 13.7 Å². The lowest BCUT2D eigenvalue weighted by Gasteiger charge is -2.12. The Labute approximate surface area is 138 Å². The molecule has 0 fully saturated rings. The highest BCUT2D eigenvalue weighted by Gasteiger charge is 2.11. The number of rotatable bonds is 6. The van der Waals surface area contributed by atoms with Gasteiger partial charge in [-0.25, -0.2) is 4.98 Å². The van der Waals surface area contributed by atoms with Crippen LogP contribution in [-0.2, 0) is 16.0 Å². The highest BCUT2D eigenvalue weighted by Crippen LogP contribution is 2.16. The third-order valence-electron chi connectivity index (χ3n) is 3.17. The van der Waals surface area contributed by atoms with Gasteiger partial charge in [0, 0.05) is 35.5 Å². The minimum absolute atomic E-state index is 0.0305. The second-order valence-electron chi connectivity index (χ2n) is 5.19. The monoisotopic (exact) mass is 335 g/mol. The average molecular weight is 336 g/mol. The summed E-state index contributed by atoms with van der Waals surface area (Å²) in [7, 11) is 1.56. The number of halogens is 1. The van der Waals surface area contributed by atoms with E-state index in [-0.39, 0.29) is 23.9 Å². The molecule has 1 aromatic carbocycles. The number of nitrogens with one attached hydrogen (secondary N) is 2. The lowest BCUT2D eigenvalue weighted by atomic mass is 10.2. The molecular weight excluding hydrogens is 318 g/mol. The molecule has 1 atom stereocenters. The predicted molar refractivity (Wildman–Crippen MR) is 88.5 cm³/mol. The van der Waals surface area contributed by atoms with E-state index in [2.05, 4.69) is 15.3 Å². The van der Waals surface area contributed by atoms with Gasteiger partial charge in [0.25, 0.3) is 5.56 Å². The van der Waals surface area contributed by atoms with Crippen LogP contribution in [0.2, 0.25) is 5.02 Å². The Morgan fingerprint density at radius 3 is 2.70 bits per heavy atom. The van der Waals surface area contributed by atoms with Crippen LogP contribution in [0.5, 0.6) is 0 Å². The van der Waals surface area contributed by atoms with Gasteiger partial charge in [-0.2, -0.15) is 0 Å². The molecule has 0 saturated carbocycles. The Kier molecular flexibility index (Phi) is 5.90. The van der Waals surface area contributed by atoms with Gasteiger partial charge in [0.1, 0.15) is 5.82 Å². The van der Waals surface area contributed by atoms with E-state index in [1.54, 1.807) is 31.4 Å². The fourth-order valence-electron chi connectivity index (χ4n) is 2.09. The number of carbonyl (C=O) groups is 1. The Morgan fingerprint density at radius 2 is 2.09 bits per heavy atom. The third kappa shape index (κ3) is 4.91. The van der Waals surface area contributed by atoms with Crippen LogP contribution >= 0.6 is 11.6 Å². The van der Waals surface area contributed by atoms with Gasteiger partial charge in [-0.15, -0.1) is 0 Å². The summed E-state index contributed by atoms with van der Waals surface area (Å²) in [4.78, 5) is 30.9. The lowest BCUT2D eigenvalue weighted by Crippen LogP contribution is -2.37. The molecule has 2 aromatic rings. The molecule has 122 valence electrons. The summed E-state index contributed by atoms with van der Waals surface area (Å²) in [6, 6.07) is 6.84. The molecule has 23 heavy (non-hydrogen) atoms. The SMILES string of the molecule is COC[C@H](C)NC(=O)Cc1cnc(-c2ccc(Cl)cc2)[nH]c1=O. The number of amides is 1. The molecule has 1 amide bonds. The fourth-order valence-corrected chi connectivity index (χ4v) is 2.22. The first-order chi connectivity index (χ1) is 11.0. The van der Waals surface area contributed by atoms with Crippen LogP contribution in [0, 0.1) is 0 Å². The zero-order valence-electron chi connectivity index (χ0n) is 12.9. The highest BCUT2D eigenvalue weighted by molar-refractivity contribution is 6.30. The van der Waals surface area contributed by atoms with Crippen LogP contribution < -0.4 is 10.9 Å². The van der Waals surface area contributed by atoms with E-state index < -0.39 is 0 Å². The maximum Gasteiger partial charge on any atom is 0.254 e. The van der Waals surface area contributed by atoms with Gasteiger partial charge >= 0.3 is 0 Å². The smallest absolute Gasteiger partial charge is 0.254 e. The van der Waals surface area contributed by atoms with Crippen LogP contribution in [-0.4, -0.2) is 35.6 Å². The van der Waals surface area contributed by atoms with Crippen molar-refractivity contribution in [3.63, 3.8) is 0 Å². The fraction of sp³-hybridized carbons (Fsp3) is 0.312. The summed E-state index contributed by atoms with van der Waals surface area (Å²) in [5, 5.41) is 3.36. The van der Waals surface area contributed by atoms with Crippen LogP contribution in [0.25, 0.3) is 11.4 Å². The molecule has 7 heteroatoms. The molecule has 0 aliphatic rings. The quantitative estimate of drug-likeness (QED) is 0.843. The van der Waals surface area contributed by atoms with Crippen molar-refractivity contribution in [1.29, 1.82) is 0 Å². The molecule has 1 aromatic heterocycles. The van der Waals surface area contributed by atoms with Crippen LogP contribution in [0.15, 0.2) is 35.3 Å². The average Bonchev–Trinajstić information content (AvgIpc) is 2.50. The first kappa shape index (κ1) is 17.2. The number of H-pyrrole nitrogens is 1. The number of ether oxygens (including phenoxy) is 1. The summed E-state index contributed by atoms with van der Waals surface area (Å²) in [6.45, 7) is 2.24. The van der Waals surface area contributed by atoms with Gasteiger partial charge in [0.05, 0.1) is 13.0 Å². The predicted octanol–water partition coefficient (Wildman–Crippen LogP) is 1.78. The first-order valence-electron chi connectivity index (χ1n) is 7.12. The van der Waals surface area contributed by atoms with Crippen molar-refractivity contribution in [3.8, 4) is 11.4 Å². The first-order valence-corrected chi connectivity index (χ1v) is 7.50. The third-order valence-corrected chi connectivity index (χ3v) is 3.42. The molecular formula is C16H18ClN3O3. The van der Waals surface area contributed by atoms with E-state index >= 15 is 0 Å². The van der Waals surface area contributed by atoms with Crippen LogP contribution in [0.1, 0.15) is 12.5 Å². The van der Waals surface area contributed by atoms with E-state index in [0.29, 0.717) is 23.0 Å². The Hall–Kier alpha value is -2.18. The van der Waals surface area contributed by atoms with Crippen molar-refractivity contribution in [1.82, 2.24) is 15.3 Å². The summed E-state index contributed by atoms with van der Waals surface area (Å²) in [5.41, 5.74) is 0.723. The number of aromatic nitrogens is 2. The largest absolute Gasteiger partial charge is 0.383 e. The number of aromatic amines is 1. The zero-order chi connectivity index (χ0) is 16.8. The minimum atomic E-state index is -0.334. The number of nitrogens with zero attached hydrogens (tertiary/aromatic N) is 1. The van der Waals surface area contributed by atoms with E-state index in [4.69, 9.17) is 16.3 Å². The maximum atomic E-state index is 12.1. The molecule has 2 N–H and O–H groups in total. The molecule has 0 aliphatic carbocycles. The molecule has 6 nitrogen and oxygen atoms in total. The van der Waals surface area contributed by atoms with Crippen LogP contribution in [0.3, 0.4) is 0 Å². The number of methoxy groups -OCH3 is 1. The summed E-state index contributed by atoms with van der Waals surface area (Å²) < 4.78 is 4.95. The normalized spacial score (nSPS) is 12.0. The van der Waals surface area contributed by atoms with E-state index in [1.807, 2.05) is 6.92 Å². The topological polar surface area (TPSA) is 84.1 Å². The highest BCUT2D eigenvalue weighted by atomic mass is 35.5. The number of carbonyl (C=O) groups excluding carboxylic acids is 1. The van der Waals surface area contributed by atoms with Crippen molar-refractivity contribution in [2.45, 2.75) is 19.4 Å². The van der Waals surface area contributed by atoms with Gasteiger partial charge in [-0.05, 0) is 31.2 Å². The maximum absolute atomic E-state index is 12.1. The molecule has 0 radical (unpaired) electrons. The lowest BCUT2D eigenvalue weighted by molar-refractivity contribution is -0.121. The Balaban J connectivity index is 2.09. The molecule has 0 bridgehead atoms. The Morgan fingerprint density at radius 1 is 1.39 bits per heavy atom. The molecule has 0 spiro atoms. The van der Waals surface area contributed by atoms with Crippen LogP contribution in [0.4, 0.5) is 0 Å². The van der Waals surface area contributed by atoms with Gasteiger partial charge in [-0.3, -0.25) is 9.59 Å². The van der Waals surface area contributed by atoms with E-state index in [9.17, 15) is 9.59 Å². The van der Waals surface area contributed by atoms with Gasteiger partial charge in [0.2, 0.25) is 5.91 Å². The standard InChI is InChI=1S/C16H18ClN3O3/c1-10(9-23-2)19-14(21)7-12-8-18-15(20-16(12)22)11-3-5-13(17)6-4-11/h3-6,8,10H,7,9H2,1-2H3,(H,19,21)(H,18,20,22)/t10-/m0/s1. The second kappa shape index (κ2) is 7.89. The summed E-state index contributed by atoms with van der Waals surface area (Å²) in [6.07, 6.45) is 1.39. The van der Waals surface area contributed by atoms with Crippen molar-refractivity contribution in [2.24, 2.45) is 0 Å².